The fourth-order valence-corrected chi connectivity index (χ4v) is 3.95. The van der Waals surface area contributed by atoms with E-state index in [2.05, 4.69) is 29.7 Å². The molecular weight excluding hydrogens is 254 g/mol. The number of fused-ring (bicyclic) bond motifs is 3. The summed E-state index contributed by atoms with van der Waals surface area (Å²) in [5.74, 6) is 0. The molecule has 106 valence electrons. The van der Waals surface area contributed by atoms with E-state index in [0.717, 1.165) is 25.8 Å². The van der Waals surface area contributed by atoms with Crippen LogP contribution < -0.4 is 5.34 Å². The van der Waals surface area contributed by atoms with E-state index >= 15 is 0 Å². The van der Waals surface area contributed by atoms with E-state index in [-0.39, 0.29) is 6.04 Å². The van der Waals surface area contributed by atoms with Gasteiger partial charge in [0.05, 0.1) is 6.54 Å². The fourth-order valence-electron chi connectivity index (χ4n) is 3.95. The molecule has 20 heavy (non-hydrogen) atoms. The van der Waals surface area contributed by atoms with Gasteiger partial charge in [-0.3, -0.25) is 0 Å². The van der Waals surface area contributed by atoms with Gasteiger partial charge in [-0.2, -0.15) is 5.21 Å². The van der Waals surface area contributed by atoms with Crippen molar-refractivity contribution in [1.82, 2.24) is 9.58 Å². The molecular formula is C15H19N3O2. The summed E-state index contributed by atoms with van der Waals surface area (Å²) in [5, 5.41) is 23.0. The zero-order valence-corrected chi connectivity index (χ0v) is 11.6. The van der Waals surface area contributed by atoms with Gasteiger partial charge in [-0.1, -0.05) is 11.6 Å². The lowest BCUT2D eigenvalue weighted by Gasteiger charge is -2.40. The van der Waals surface area contributed by atoms with Gasteiger partial charge in [0.25, 0.3) is 0 Å². The standard InChI is InChI=1S/C15H19N3O2/c1-10-5-6-13-12(9-10)11-3-2-4-14-15(11)16(13)7-8-17(14)18(19)20/h5-6,9,14,18-19H,2-4,7-8H2,1H3/t14-/m1/s1. The van der Waals surface area contributed by atoms with Crippen LogP contribution in [-0.2, 0) is 13.0 Å². The number of nitrogens with one attached hydrogen (secondary N) is 1. The molecule has 0 fully saturated rings. The van der Waals surface area contributed by atoms with Crippen molar-refractivity contribution in [2.45, 2.75) is 38.8 Å². The smallest absolute Gasteiger partial charge is 0.103 e. The summed E-state index contributed by atoms with van der Waals surface area (Å²) in [6.45, 7) is 3.49. The van der Waals surface area contributed by atoms with Crippen LogP contribution in [0.4, 0.5) is 0 Å². The second-order valence-corrected chi connectivity index (χ2v) is 5.92. The molecule has 0 bridgehead atoms. The van der Waals surface area contributed by atoms with Crippen LogP contribution in [0.25, 0.3) is 10.9 Å². The van der Waals surface area contributed by atoms with Crippen LogP contribution in [0.3, 0.4) is 0 Å². The lowest BCUT2D eigenvalue weighted by Crippen LogP contribution is -3.12. The summed E-state index contributed by atoms with van der Waals surface area (Å²) in [4.78, 5) is 0. The largest absolute Gasteiger partial charge is 0.579 e. The van der Waals surface area contributed by atoms with Crippen molar-refractivity contribution >= 4 is 10.9 Å². The summed E-state index contributed by atoms with van der Waals surface area (Å²) in [7, 11) is 0. The van der Waals surface area contributed by atoms with Crippen LogP contribution >= 0.6 is 0 Å². The first-order valence-electron chi connectivity index (χ1n) is 7.28. The maximum absolute atomic E-state index is 11.5. The van der Waals surface area contributed by atoms with Gasteiger partial charge < -0.3 is 9.77 Å². The van der Waals surface area contributed by atoms with Gasteiger partial charge >= 0.3 is 0 Å². The number of benzene rings is 1. The van der Waals surface area contributed by atoms with E-state index in [9.17, 15) is 10.4 Å². The minimum absolute atomic E-state index is 0.0534. The Hall–Kier alpha value is -1.40. The minimum Gasteiger partial charge on any atom is -0.579 e. The third-order valence-corrected chi connectivity index (χ3v) is 4.77. The Morgan fingerprint density at radius 2 is 2.20 bits per heavy atom. The van der Waals surface area contributed by atoms with E-state index in [1.54, 1.807) is 5.01 Å². The van der Waals surface area contributed by atoms with Crippen LogP contribution in [-0.4, -0.2) is 21.3 Å². The molecule has 1 aromatic heterocycles. The molecule has 2 aromatic rings. The molecule has 0 spiro atoms. The fraction of sp³-hybridized carbons (Fsp3) is 0.467. The molecule has 2 N–H and O–H groups in total. The predicted octanol–water partition coefficient (Wildman–Crippen LogP) is 1.33. The van der Waals surface area contributed by atoms with Crippen molar-refractivity contribution in [3.05, 3.63) is 40.2 Å². The molecule has 2 heterocycles. The Morgan fingerprint density at radius 1 is 1.35 bits per heavy atom. The Kier molecular flexibility index (Phi) is 2.65. The zero-order chi connectivity index (χ0) is 13.9. The highest BCUT2D eigenvalue weighted by molar-refractivity contribution is 5.87. The Bertz CT molecular complexity index is 677. The molecule has 0 saturated heterocycles. The highest BCUT2D eigenvalue weighted by atomic mass is 16.8. The van der Waals surface area contributed by atoms with Crippen molar-refractivity contribution in [2.75, 3.05) is 6.54 Å². The number of rotatable bonds is 1. The van der Waals surface area contributed by atoms with Gasteiger partial charge in [0.2, 0.25) is 0 Å². The number of hydrogen-bond donors (Lipinski definition) is 2. The monoisotopic (exact) mass is 273 g/mol. The Labute approximate surface area is 117 Å². The summed E-state index contributed by atoms with van der Waals surface area (Å²) in [5.41, 5.74) is 5.18. The van der Waals surface area contributed by atoms with Crippen molar-refractivity contribution in [1.29, 1.82) is 0 Å². The first-order chi connectivity index (χ1) is 9.66. The average molecular weight is 273 g/mol. The maximum atomic E-state index is 11.5. The van der Waals surface area contributed by atoms with Crippen LogP contribution in [0.2, 0.25) is 0 Å². The molecule has 0 amide bonds. The SMILES string of the molecule is Cc1ccc2c(c1)c1c3n2CCN([NH+]([O-])O)[C@@H]3CCC1. The van der Waals surface area contributed by atoms with Gasteiger partial charge in [-0.05, 0) is 43.9 Å². The summed E-state index contributed by atoms with van der Waals surface area (Å²) < 4.78 is 2.35. The highest BCUT2D eigenvalue weighted by Gasteiger charge is 2.37. The second kappa shape index (κ2) is 4.30. The van der Waals surface area contributed by atoms with Gasteiger partial charge in [-0.25, -0.2) is 0 Å². The molecule has 4 rings (SSSR count). The molecule has 1 aliphatic carbocycles. The first kappa shape index (κ1) is 12.3. The number of hydrogen-bond acceptors (Lipinski definition) is 3. The van der Waals surface area contributed by atoms with Crippen molar-refractivity contribution in [3.63, 3.8) is 0 Å². The molecule has 2 aliphatic rings. The molecule has 1 unspecified atom stereocenters. The number of aryl methyl sites for hydroxylation is 2. The van der Waals surface area contributed by atoms with Crippen LogP contribution in [0.15, 0.2) is 18.2 Å². The third-order valence-electron chi connectivity index (χ3n) is 4.77. The molecule has 0 radical (unpaired) electrons. The van der Waals surface area contributed by atoms with Crippen LogP contribution in [0, 0.1) is 12.1 Å². The highest BCUT2D eigenvalue weighted by Crippen LogP contribution is 2.41. The summed E-state index contributed by atoms with van der Waals surface area (Å²) in [6.07, 6.45) is 3.11. The van der Waals surface area contributed by atoms with Crippen molar-refractivity contribution in [2.24, 2.45) is 0 Å². The zero-order valence-electron chi connectivity index (χ0n) is 11.6. The quantitative estimate of drug-likeness (QED) is 0.771. The van der Waals surface area contributed by atoms with Crippen molar-refractivity contribution < 1.29 is 10.5 Å². The average Bonchev–Trinajstić information content (AvgIpc) is 2.75. The van der Waals surface area contributed by atoms with Crippen LogP contribution in [0.5, 0.6) is 0 Å². The normalized spacial score (nSPS) is 23.9. The van der Waals surface area contributed by atoms with E-state index in [1.165, 1.54) is 27.7 Å². The molecule has 5 heteroatoms. The minimum atomic E-state index is -0.782. The molecule has 1 aliphatic heterocycles. The van der Waals surface area contributed by atoms with E-state index in [4.69, 9.17) is 0 Å². The molecule has 5 nitrogen and oxygen atoms in total. The van der Waals surface area contributed by atoms with E-state index in [1.807, 2.05) is 0 Å². The Balaban J connectivity index is 1.98. The molecule has 1 aromatic carbocycles. The lowest BCUT2D eigenvalue weighted by molar-refractivity contribution is -1.15. The van der Waals surface area contributed by atoms with Gasteiger partial charge in [0, 0.05) is 23.1 Å². The summed E-state index contributed by atoms with van der Waals surface area (Å²) in [6, 6.07) is 6.65. The predicted molar refractivity (Wildman–Crippen MR) is 75.2 cm³/mol. The summed E-state index contributed by atoms with van der Waals surface area (Å²) >= 11 is 0. The molecule has 2 atom stereocenters. The first-order valence-corrected chi connectivity index (χ1v) is 7.28. The van der Waals surface area contributed by atoms with Gasteiger partial charge in [0.15, 0.2) is 0 Å². The lowest BCUT2D eigenvalue weighted by atomic mass is 9.90. The van der Waals surface area contributed by atoms with Gasteiger partial charge in [0.1, 0.15) is 6.04 Å². The van der Waals surface area contributed by atoms with Gasteiger partial charge in [-0.15, -0.1) is 10.3 Å². The third kappa shape index (κ3) is 1.58. The van der Waals surface area contributed by atoms with E-state index < -0.39 is 5.34 Å². The number of aromatic nitrogens is 1. The van der Waals surface area contributed by atoms with Crippen molar-refractivity contribution in [3.8, 4) is 0 Å². The Morgan fingerprint density at radius 3 is 3.00 bits per heavy atom. The second-order valence-electron chi connectivity index (χ2n) is 5.92. The number of quaternary nitrogens is 1. The van der Waals surface area contributed by atoms with Crippen LogP contribution in [0.1, 0.15) is 35.7 Å². The molecule has 0 saturated carbocycles. The maximum Gasteiger partial charge on any atom is 0.103 e. The van der Waals surface area contributed by atoms with E-state index in [0.29, 0.717) is 6.54 Å². The number of nitrogens with zero attached hydrogens (tertiary/aromatic N) is 2. The topological polar surface area (TPSA) is 55.9 Å².